The van der Waals surface area contributed by atoms with Gasteiger partial charge in [0, 0.05) is 17.3 Å². The molecular formula is C21H21ClN4O. The van der Waals surface area contributed by atoms with Crippen molar-refractivity contribution in [2.45, 2.75) is 19.8 Å². The monoisotopic (exact) mass is 380 g/mol. The quantitative estimate of drug-likeness (QED) is 0.581. The van der Waals surface area contributed by atoms with Crippen molar-refractivity contribution in [1.82, 2.24) is 9.97 Å². The number of rotatable bonds is 7. The average molecular weight is 381 g/mol. The summed E-state index contributed by atoms with van der Waals surface area (Å²) in [6.45, 7) is 2.64. The van der Waals surface area contributed by atoms with Crippen molar-refractivity contribution >= 4 is 29.0 Å². The number of amides is 1. The van der Waals surface area contributed by atoms with Gasteiger partial charge in [-0.15, -0.1) is 0 Å². The number of anilines is 2. The minimum atomic E-state index is -0.316. The van der Waals surface area contributed by atoms with Gasteiger partial charge >= 0.3 is 0 Å². The van der Waals surface area contributed by atoms with Crippen LogP contribution in [0.5, 0.6) is 0 Å². The van der Waals surface area contributed by atoms with E-state index in [0.717, 1.165) is 24.9 Å². The van der Waals surface area contributed by atoms with Crippen molar-refractivity contribution in [3.63, 3.8) is 0 Å². The lowest BCUT2D eigenvalue weighted by molar-refractivity contribution is 0.102. The normalized spacial score (nSPS) is 10.4. The van der Waals surface area contributed by atoms with Crippen LogP contribution in [-0.4, -0.2) is 22.4 Å². The maximum Gasteiger partial charge on any atom is 0.275 e. The van der Waals surface area contributed by atoms with Crippen molar-refractivity contribution in [2.75, 3.05) is 17.2 Å². The van der Waals surface area contributed by atoms with Crippen LogP contribution in [0.3, 0.4) is 0 Å². The van der Waals surface area contributed by atoms with Crippen molar-refractivity contribution in [3.05, 3.63) is 82.8 Å². The van der Waals surface area contributed by atoms with Gasteiger partial charge in [0.05, 0.1) is 12.4 Å². The number of carbonyl (C=O) groups is 1. The van der Waals surface area contributed by atoms with Crippen molar-refractivity contribution in [1.29, 1.82) is 0 Å². The molecule has 5 nitrogen and oxygen atoms in total. The summed E-state index contributed by atoms with van der Waals surface area (Å²) in [6, 6.07) is 15.7. The summed E-state index contributed by atoms with van der Waals surface area (Å²) < 4.78 is 0. The van der Waals surface area contributed by atoms with Crippen LogP contribution in [0.2, 0.25) is 5.02 Å². The molecule has 0 saturated carbocycles. The van der Waals surface area contributed by atoms with E-state index in [9.17, 15) is 4.79 Å². The van der Waals surface area contributed by atoms with Crippen molar-refractivity contribution < 1.29 is 4.79 Å². The fourth-order valence-corrected chi connectivity index (χ4v) is 2.79. The second-order valence-electron chi connectivity index (χ2n) is 6.17. The Bertz CT molecular complexity index is 898. The molecule has 0 aliphatic rings. The van der Waals surface area contributed by atoms with Gasteiger partial charge in [-0.25, -0.2) is 9.97 Å². The van der Waals surface area contributed by atoms with Crippen LogP contribution < -0.4 is 10.6 Å². The molecule has 0 atom stereocenters. The zero-order valence-electron chi connectivity index (χ0n) is 15.1. The van der Waals surface area contributed by atoms with E-state index in [2.05, 4.69) is 32.7 Å². The molecule has 0 spiro atoms. The molecule has 1 aromatic heterocycles. The highest BCUT2D eigenvalue weighted by molar-refractivity contribution is 6.31. The fourth-order valence-electron chi connectivity index (χ4n) is 2.62. The summed E-state index contributed by atoms with van der Waals surface area (Å²) in [4.78, 5) is 20.8. The van der Waals surface area contributed by atoms with Gasteiger partial charge < -0.3 is 10.6 Å². The molecule has 0 aliphatic carbocycles. The molecule has 1 amide bonds. The predicted molar refractivity (Wildman–Crippen MR) is 109 cm³/mol. The van der Waals surface area contributed by atoms with Crippen LogP contribution in [0.25, 0.3) is 0 Å². The zero-order chi connectivity index (χ0) is 19.1. The molecule has 0 aliphatic heterocycles. The molecule has 2 aromatic carbocycles. The van der Waals surface area contributed by atoms with Gasteiger partial charge in [0.2, 0.25) is 0 Å². The number of halogens is 1. The molecule has 0 radical (unpaired) electrons. The third-order valence-electron chi connectivity index (χ3n) is 4.19. The minimum Gasteiger partial charge on any atom is -0.369 e. The molecule has 138 valence electrons. The summed E-state index contributed by atoms with van der Waals surface area (Å²) >= 11 is 6.08. The van der Waals surface area contributed by atoms with E-state index in [1.165, 1.54) is 11.8 Å². The van der Waals surface area contributed by atoms with Gasteiger partial charge in [0.1, 0.15) is 11.5 Å². The lowest BCUT2D eigenvalue weighted by Crippen LogP contribution is -2.15. The summed E-state index contributed by atoms with van der Waals surface area (Å²) in [5.41, 5.74) is 3.05. The van der Waals surface area contributed by atoms with E-state index < -0.39 is 0 Å². The maximum atomic E-state index is 12.3. The molecule has 1 heterocycles. The standard InChI is InChI=1S/C21H21ClN4O/c1-15-17(22)10-5-11-18(15)26-21(27)19-13-25-20(14-24-19)23-12-6-9-16-7-3-2-4-8-16/h2-5,7-8,10-11,13-14H,6,9,12H2,1H3,(H,23,25)(H,26,27). The van der Waals surface area contributed by atoms with E-state index >= 15 is 0 Å². The molecule has 0 unspecified atom stereocenters. The van der Waals surface area contributed by atoms with E-state index in [1.807, 2.05) is 25.1 Å². The number of aromatic nitrogens is 2. The highest BCUT2D eigenvalue weighted by Crippen LogP contribution is 2.23. The Hall–Kier alpha value is -2.92. The van der Waals surface area contributed by atoms with Crippen LogP contribution in [0.15, 0.2) is 60.9 Å². The van der Waals surface area contributed by atoms with Crippen LogP contribution in [-0.2, 0) is 6.42 Å². The largest absolute Gasteiger partial charge is 0.369 e. The first kappa shape index (κ1) is 18.9. The Morgan fingerprint density at radius 2 is 1.85 bits per heavy atom. The Morgan fingerprint density at radius 1 is 1.04 bits per heavy atom. The lowest BCUT2D eigenvalue weighted by atomic mass is 10.1. The molecule has 6 heteroatoms. The summed E-state index contributed by atoms with van der Waals surface area (Å²) in [5, 5.41) is 6.64. The zero-order valence-corrected chi connectivity index (χ0v) is 15.8. The Kier molecular flexibility index (Phi) is 6.39. The molecule has 3 aromatic rings. The number of nitrogens with one attached hydrogen (secondary N) is 2. The number of nitrogens with zero attached hydrogens (tertiary/aromatic N) is 2. The van der Waals surface area contributed by atoms with Crippen molar-refractivity contribution in [2.24, 2.45) is 0 Å². The first-order valence-corrected chi connectivity index (χ1v) is 9.17. The highest BCUT2D eigenvalue weighted by atomic mass is 35.5. The van der Waals surface area contributed by atoms with E-state index in [0.29, 0.717) is 16.5 Å². The molecule has 2 N–H and O–H groups in total. The molecule has 0 fully saturated rings. The highest BCUT2D eigenvalue weighted by Gasteiger charge is 2.11. The lowest BCUT2D eigenvalue weighted by Gasteiger charge is -2.09. The molecular weight excluding hydrogens is 360 g/mol. The van der Waals surface area contributed by atoms with Gasteiger partial charge in [-0.3, -0.25) is 4.79 Å². The summed E-state index contributed by atoms with van der Waals surface area (Å²) in [5.74, 6) is 0.335. The van der Waals surface area contributed by atoms with Crippen LogP contribution in [0.1, 0.15) is 28.0 Å². The molecule has 0 saturated heterocycles. The van der Waals surface area contributed by atoms with E-state index in [1.54, 1.807) is 24.4 Å². The molecule has 3 rings (SSSR count). The minimum absolute atomic E-state index is 0.254. The van der Waals surface area contributed by atoms with Gasteiger partial charge in [-0.1, -0.05) is 48.0 Å². The fraction of sp³-hybridized carbons (Fsp3) is 0.190. The van der Waals surface area contributed by atoms with Gasteiger partial charge in [0.25, 0.3) is 5.91 Å². The number of hydrogen-bond acceptors (Lipinski definition) is 4. The van der Waals surface area contributed by atoms with Crippen LogP contribution in [0.4, 0.5) is 11.5 Å². The van der Waals surface area contributed by atoms with Gasteiger partial charge in [-0.05, 0) is 43.0 Å². The third-order valence-corrected chi connectivity index (χ3v) is 4.60. The first-order chi connectivity index (χ1) is 13.1. The number of aryl methyl sites for hydroxylation is 1. The Balaban J connectivity index is 1.50. The molecule has 0 bridgehead atoms. The van der Waals surface area contributed by atoms with Gasteiger partial charge in [0.15, 0.2) is 0 Å². The SMILES string of the molecule is Cc1c(Cl)cccc1NC(=O)c1cnc(NCCCc2ccccc2)cn1. The second kappa shape index (κ2) is 9.14. The third kappa shape index (κ3) is 5.28. The Labute approximate surface area is 163 Å². The first-order valence-electron chi connectivity index (χ1n) is 8.80. The summed E-state index contributed by atoms with van der Waals surface area (Å²) in [6.07, 6.45) is 5.03. The average Bonchev–Trinajstić information content (AvgIpc) is 2.70. The van der Waals surface area contributed by atoms with Gasteiger partial charge in [-0.2, -0.15) is 0 Å². The number of hydrogen-bond donors (Lipinski definition) is 2. The maximum absolute atomic E-state index is 12.3. The molecule has 27 heavy (non-hydrogen) atoms. The van der Waals surface area contributed by atoms with E-state index in [-0.39, 0.29) is 11.6 Å². The van der Waals surface area contributed by atoms with Crippen LogP contribution in [0, 0.1) is 6.92 Å². The number of carbonyl (C=O) groups excluding carboxylic acids is 1. The predicted octanol–water partition coefficient (Wildman–Crippen LogP) is 4.74. The summed E-state index contributed by atoms with van der Waals surface area (Å²) in [7, 11) is 0. The van der Waals surface area contributed by atoms with Crippen LogP contribution >= 0.6 is 11.6 Å². The second-order valence-corrected chi connectivity index (χ2v) is 6.58. The van der Waals surface area contributed by atoms with E-state index in [4.69, 9.17) is 11.6 Å². The van der Waals surface area contributed by atoms with Crippen molar-refractivity contribution in [3.8, 4) is 0 Å². The Morgan fingerprint density at radius 3 is 2.59 bits per heavy atom. The topological polar surface area (TPSA) is 66.9 Å². The number of benzene rings is 2. The smallest absolute Gasteiger partial charge is 0.275 e.